The molecule has 1 atom stereocenters. The van der Waals surface area contributed by atoms with Crippen LogP contribution in [0.3, 0.4) is 0 Å². The van der Waals surface area contributed by atoms with Gasteiger partial charge in [0.15, 0.2) is 0 Å². The molecule has 1 saturated heterocycles. The van der Waals surface area contributed by atoms with Crippen molar-refractivity contribution in [3.63, 3.8) is 0 Å². The number of aromatic nitrogens is 2. The Morgan fingerprint density at radius 1 is 1.25 bits per heavy atom. The van der Waals surface area contributed by atoms with Gasteiger partial charge >= 0.3 is 0 Å². The van der Waals surface area contributed by atoms with Crippen molar-refractivity contribution in [1.29, 1.82) is 0 Å². The number of hydrogen-bond donors (Lipinski definition) is 1. The van der Waals surface area contributed by atoms with E-state index in [-0.39, 0.29) is 5.91 Å². The van der Waals surface area contributed by atoms with Crippen LogP contribution in [-0.2, 0) is 0 Å². The van der Waals surface area contributed by atoms with Gasteiger partial charge in [0.1, 0.15) is 0 Å². The monoisotopic (exact) mass is 326 g/mol. The average Bonchev–Trinajstić information content (AvgIpc) is 3.02. The van der Waals surface area contributed by atoms with Crippen molar-refractivity contribution in [2.75, 3.05) is 19.6 Å². The Morgan fingerprint density at radius 3 is 2.62 bits per heavy atom. The van der Waals surface area contributed by atoms with Gasteiger partial charge in [-0.3, -0.25) is 4.79 Å². The van der Waals surface area contributed by atoms with Gasteiger partial charge in [-0.25, -0.2) is 9.97 Å². The van der Waals surface area contributed by atoms with Crippen molar-refractivity contribution >= 4 is 16.9 Å². The van der Waals surface area contributed by atoms with E-state index in [1.54, 1.807) is 0 Å². The van der Waals surface area contributed by atoms with E-state index in [9.17, 15) is 4.79 Å². The number of rotatable bonds is 4. The van der Waals surface area contributed by atoms with Crippen molar-refractivity contribution in [2.45, 2.75) is 40.2 Å². The Hall–Kier alpha value is -2.01. The molecule has 5 nitrogen and oxygen atoms in total. The predicted octanol–water partition coefficient (Wildman–Crippen LogP) is 2.71. The Kier molecular flexibility index (Phi) is 4.81. The molecule has 1 aromatic heterocycles. The van der Waals surface area contributed by atoms with Gasteiger partial charge in [0.25, 0.3) is 5.91 Å². The van der Waals surface area contributed by atoms with Crippen LogP contribution < -0.4 is 5.32 Å². The molecule has 0 bridgehead atoms. The SMILES string of the molecule is Cc1nc2ccc(C(=O)NC[C@@H]3CCN(C(C)C)C3)cc2nc1C. The fourth-order valence-electron chi connectivity index (χ4n) is 3.21. The number of carbonyl (C=O) groups excluding carboxylic acids is 1. The van der Waals surface area contributed by atoms with E-state index in [2.05, 4.69) is 34.0 Å². The summed E-state index contributed by atoms with van der Waals surface area (Å²) in [5.74, 6) is 0.515. The van der Waals surface area contributed by atoms with Gasteiger partial charge in [-0.2, -0.15) is 0 Å². The first-order chi connectivity index (χ1) is 11.4. The molecule has 0 radical (unpaired) electrons. The van der Waals surface area contributed by atoms with Gasteiger partial charge < -0.3 is 10.2 Å². The van der Waals surface area contributed by atoms with E-state index >= 15 is 0 Å². The summed E-state index contributed by atoms with van der Waals surface area (Å²) < 4.78 is 0. The third kappa shape index (κ3) is 3.56. The smallest absolute Gasteiger partial charge is 0.251 e. The summed E-state index contributed by atoms with van der Waals surface area (Å²) in [4.78, 5) is 24.0. The number of benzene rings is 1. The molecule has 0 saturated carbocycles. The lowest BCUT2D eigenvalue weighted by Gasteiger charge is -2.20. The van der Waals surface area contributed by atoms with Gasteiger partial charge in [0.05, 0.1) is 22.4 Å². The second-order valence-electron chi connectivity index (χ2n) is 7.05. The fraction of sp³-hybridized carbons (Fsp3) is 0.526. The van der Waals surface area contributed by atoms with Crippen LogP contribution in [0.4, 0.5) is 0 Å². The second kappa shape index (κ2) is 6.85. The number of likely N-dealkylation sites (tertiary alicyclic amines) is 1. The Morgan fingerprint density at radius 2 is 1.96 bits per heavy atom. The number of carbonyl (C=O) groups is 1. The predicted molar refractivity (Wildman–Crippen MR) is 96.2 cm³/mol. The lowest BCUT2D eigenvalue weighted by Crippen LogP contribution is -2.33. The molecule has 0 aliphatic carbocycles. The zero-order valence-corrected chi connectivity index (χ0v) is 15.0. The zero-order chi connectivity index (χ0) is 17.3. The maximum absolute atomic E-state index is 12.4. The summed E-state index contributed by atoms with van der Waals surface area (Å²) in [6, 6.07) is 6.12. The largest absolute Gasteiger partial charge is 0.352 e. The van der Waals surface area contributed by atoms with E-state index in [0.717, 1.165) is 48.5 Å². The van der Waals surface area contributed by atoms with Crippen molar-refractivity contribution in [3.05, 3.63) is 35.2 Å². The number of nitrogens with zero attached hydrogens (tertiary/aromatic N) is 3. The van der Waals surface area contributed by atoms with Crippen LogP contribution in [-0.4, -0.2) is 46.5 Å². The third-order valence-electron chi connectivity index (χ3n) is 4.94. The van der Waals surface area contributed by atoms with Gasteiger partial charge in [0, 0.05) is 24.7 Å². The summed E-state index contributed by atoms with van der Waals surface area (Å²) in [7, 11) is 0. The summed E-state index contributed by atoms with van der Waals surface area (Å²) in [6.07, 6.45) is 1.15. The van der Waals surface area contributed by atoms with E-state index < -0.39 is 0 Å². The molecule has 1 aliphatic rings. The van der Waals surface area contributed by atoms with Crippen molar-refractivity contribution in [2.24, 2.45) is 5.92 Å². The molecule has 24 heavy (non-hydrogen) atoms. The summed E-state index contributed by atoms with van der Waals surface area (Å²) in [6.45, 7) is 11.3. The van der Waals surface area contributed by atoms with Crippen LogP contribution in [0, 0.1) is 19.8 Å². The molecule has 5 heteroatoms. The molecular weight excluding hydrogens is 300 g/mol. The second-order valence-corrected chi connectivity index (χ2v) is 7.05. The number of aryl methyl sites for hydroxylation is 2. The number of nitrogens with one attached hydrogen (secondary N) is 1. The first kappa shape index (κ1) is 16.8. The van der Waals surface area contributed by atoms with Crippen molar-refractivity contribution < 1.29 is 4.79 Å². The third-order valence-corrected chi connectivity index (χ3v) is 4.94. The van der Waals surface area contributed by atoms with Crippen LogP contribution in [0.25, 0.3) is 11.0 Å². The van der Waals surface area contributed by atoms with Crippen LogP contribution >= 0.6 is 0 Å². The normalized spacial score (nSPS) is 18.5. The Balaban J connectivity index is 1.65. The molecule has 0 unspecified atom stereocenters. The minimum atomic E-state index is -0.0278. The summed E-state index contributed by atoms with van der Waals surface area (Å²) in [5, 5.41) is 3.08. The van der Waals surface area contributed by atoms with Gasteiger partial charge in [-0.1, -0.05) is 0 Å². The first-order valence-electron chi connectivity index (χ1n) is 8.71. The molecule has 2 heterocycles. The van der Waals surface area contributed by atoms with Gasteiger partial charge in [-0.05, 0) is 64.8 Å². The molecule has 0 spiro atoms. The van der Waals surface area contributed by atoms with E-state index in [1.807, 2.05) is 32.0 Å². The van der Waals surface area contributed by atoms with Gasteiger partial charge in [0.2, 0.25) is 0 Å². The highest BCUT2D eigenvalue weighted by molar-refractivity contribution is 5.97. The van der Waals surface area contributed by atoms with E-state index in [1.165, 1.54) is 0 Å². The topological polar surface area (TPSA) is 58.1 Å². The first-order valence-corrected chi connectivity index (χ1v) is 8.71. The highest BCUT2D eigenvalue weighted by Gasteiger charge is 2.24. The molecule has 1 N–H and O–H groups in total. The Labute approximate surface area is 143 Å². The van der Waals surface area contributed by atoms with Crippen molar-refractivity contribution in [1.82, 2.24) is 20.2 Å². The minimum Gasteiger partial charge on any atom is -0.352 e. The number of fused-ring (bicyclic) bond motifs is 1. The molecule has 1 aromatic carbocycles. The summed E-state index contributed by atoms with van der Waals surface area (Å²) in [5.41, 5.74) is 4.09. The molecular formula is C19H26N4O. The maximum atomic E-state index is 12.4. The quantitative estimate of drug-likeness (QED) is 0.938. The highest BCUT2D eigenvalue weighted by Crippen LogP contribution is 2.18. The molecule has 1 fully saturated rings. The fourth-order valence-corrected chi connectivity index (χ4v) is 3.21. The Bertz CT molecular complexity index is 756. The lowest BCUT2D eigenvalue weighted by molar-refractivity contribution is 0.0947. The molecule has 2 aromatic rings. The lowest BCUT2D eigenvalue weighted by atomic mass is 10.1. The van der Waals surface area contributed by atoms with E-state index in [0.29, 0.717) is 17.5 Å². The molecule has 1 aliphatic heterocycles. The minimum absolute atomic E-state index is 0.0278. The molecule has 3 rings (SSSR count). The van der Waals surface area contributed by atoms with Crippen LogP contribution in [0.15, 0.2) is 18.2 Å². The summed E-state index contributed by atoms with van der Waals surface area (Å²) >= 11 is 0. The van der Waals surface area contributed by atoms with E-state index in [4.69, 9.17) is 0 Å². The molecule has 1 amide bonds. The van der Waals surface area contributed by atoms with Crippen LogP contribution in [0.5, 0.6) is 0 Å². The van der Waals surface area contributed by atoms with Crippen LogP contribution in [0.1, 0.15) is 42.0 Å². The zero-order valence-electron chi connectivity index (χ0n) is 15.0. The number of hydrogen-bond acceptors (Lipinski definition) is 4. The molecule has 128 valence electrons. The standard InChI is InChI=1S/C19H26N4O/c1-12(2)23-8-7-15(11-23)10-20-19(24)16-5-6-17-18(9-16)22-14(4)13(3)21-17/h5-6,9,12,15H,7-8,10-11H2,1-4H3,(H,20,24)/t15-/m0/s1. The van der Waals surface area contributed by atoms with Crippen molar-refractivity contribution in [3.8, 4) is 0 Å². The van der Waals surface area contributed by atoms with Crippen LogP contribution in [0.2, 0.25) is 0 Å². The maximum Gasteiger partial charge on any atom is 0.251 e. The average molecular weight is 326 g/mol. The number of amides is 1. The van der Waals surface area contributed by atoms with Gasteiger partial charge in [-0.15, -0.1) is 0 Å². The highest BCUT2D eigenvalue weighted by atomic mass is 16.1.